The van der Waals surface area contributed by atoms with Crippen LogP contribution in [0.2, 0.25) is 0 Å². The third kappa shape index (κ3) is 5.07. The minimum Gasteiger partial charge on any atom is -0.480 e. The van der Waals surface area contributed by atoms with E-state index in [4.69, 9.17) is 9.84 Å². The van der Waals surface area contributed by atoms with Gasteiger partial charge in [-0.3, -0.25) is 4.79 Å². The molecule has 0 aliphatic carbocycles. The van der Waals surface area contributed by atoms with Crippen LogP contribution in [0.5, 0.6) is 0 Å². The zero-order valence-electron chi connectivity index (χ0n) is 11.8. The van der Waals surface area contributed by atoms with E-state index >= 15 is 0 Å². The average Bonchev–Trinajstić information content (AvgIpc) is 2.52. The Labute approximate surface area is 123 Å². The highest BCUT2D eigenvalue weighted by Gasteiger charge is 2.24. The summed E-state index contributed by atoms with van der Waals surface area (Å²) in [6.45, 7) is 1.31. The second-order valence-electron chi connectivity index (χ2n) is 5.10. The number of piperidine rings is 1. The summed E-state index contributed by atoms with van der Waals surface area (Å²) in [5.41, 5.74) is 0.948. The first kappa shape index (κ1) is 15.3. The summed E-state index contributed by atoms with van der Waals surface area (Å²) in [5.74, 6) is -0.890. The highest BCUT2D eigenvalue weighted by Crippen LogP contribution is 2.12. The fraction of sp³-hybridized carbons (Fsp3) is 0.467. The van der Waals surface area contributed by atoms with Crippen LogP contribution >= 0.6 is 0 Å². The van der Waals surface area contributed by atoms with E-state index in [-0.39, 0.29) is 25.3 Å². The number of nitrogens with one attached hydrogen (secondary N) is 1. The molecule has 6 nitrogen and oxygen atoms in total. The van der Waals surface area contributed by atoms with E-state index in [1.54, 1.807) is 4.90 Å². The minimum absolute atomic E-state index is 0.0131. The molecule has 114 valence electrons. The van der Waals surface area contributed by atoms with Crippen LogP contribution in [0.15, 0.2) is 30.3 Å². The molecule has 2 N–H and O–H groups in total. The van der Waals surface area contributed by atoms with Gasteiger partial charge in [0.05, 0.1) is 6.54 Å². The third-order valence-electron chi connectivity index (χ3n) is 3.43. The molecule has 0 bridgehead atoms. The molecule has 1 atom stereocenters. The van der Waals surface area contributed by atoms with Crippen molar-refractivity contribution < 1.29 is 19.4 Å². The Kier molecular flexibility index (Phi) is 5.57. The SMILES string of the molecule is O=C(O)CN[C@H]1CCCN(C(=O)OCc2ccccc2)C1. The second kappa shape index (κ2) is 7.64. The molecular weight excluding hydrogens is 272 g/mol. The summed E-state index contributed by atoms with van der Waals surface area (Å²) in [7, 11) is 0. The smallest absolute Gasteiger partial charge is 0.410 e. The third-order valence-corrected chi connectivity index (χ3v) is 3.43. The van der Waals surface area contributed by atoms with Crippen molar-refractivity contribution in [3.8, 4) is 0 Å². The Morgan fingerprint density at radius 2 is 2.10 bits per heavy atom. The maximum Gasteiger partial charge on any atom is 0.410 e. The topological polar surface area (TPSA) is 78.9 Å². The minimum atomic E-state index is -0.890. The summed E-state index contributed by atoms with van der Waals surface area (Å²) >= 11 is 0. The van der Waals surface area contributed by atoms with Gasteiger partial charge in [-0.15, -0.1) is 0 Å². The molecular formula is C15H20N2O4. The van der Waals surface area contributed by atoms with E-state index in [0.29, 0.717) is 13.1 Å². The van der Waals surface area contributed by atoms with Gasteiger partial charge in [0.1, 0.15) is 6.61 Å². The van der Waals surface area contributed by atoms with Crippen LogP contribution in [0.3, 0.4) is 0 Å². The van der Waals surface area contributed by atoms with Crippen LogP contribution in [0.1, 0.15) is 18.4 Å². The van der Waals surface area contributed by atoms with Crippen molar-refractivity contribution in [2.45, 2.75) is 25.5 Å². The number of benzene rings is 1. The molecule has 1 aromatic carbocycles. The normalized spacial score (nSPS) is 18.3. The molecule has 2 rings (SSSR count). The Balaban J connectivity index is 1.77. The number of hydrogen-bond acceptors (Lipinski definition) is 4. The molecule has 6 heteroatoms. The fourth-order valence-electron chi connectivity index (χ4n) is 2.35. The van der Waals surface area contributed by atoms with Gasteiger partial charge in [-0.2, -0.15) is 0 Å². The van der Waals surface area contributed by atoms with Gasteiger partial charge in [-0.1, -0.05) is 30.3 Å². The molecule has 21 heavy (non-hydrogen) atoms. The lowest BCUT2D eigenvalue weighted by Gasteiger charge is -2.32. The van der Waals surface area contributed by atoms with Gasteiger partial charge in [0.15, 0.2) is 0 Å². The number of rotatable bonds is 5. The average molecular weight is 292 g/mol. The number of hydrogen-bond donors (Lipinski definition) is 2. The van der Waals surface area contributed by atoms with Crippen LogP contribution in [0, 0.1) is 0 Å². The lowest BCUT2D eigenvalue weighted by atomic mass is 10.1. The van der Waals surface area contributed by atoms with Gasteiger partial charge in [-0.05, 0) is 18.4 Å². The molecule has 0 radical (unpaired) electrons. The summed E-state index contributed by atoms with van der Waals surface area (Å²) in [4.78, 5) is 24.2. The number of ether oxygens (including phenoxy) is 1. The highest BCUT2D eigenvalue weighted by molar-refractivity contribution is 5.69. The predicted molar refractivity (Wildman–Crippen MR) is 76.9 cm³/mol. The molecule has 1 aliphatic heterocycles. The number of likely N-dealkylation sites (tertiary alicyclic amines) is 1. The molecule has 1 aromatic rings. The van der Waals surface area contributed by atoms with Crippen molar-refractivity contribution in [1.29, 1.82) is 0 Å². The monoisotopic (exact) mass is 292 g/mol. The summed E-state index contributed by atoms with van der Waals surface area (Å²) in [6, 6.07) is 9.53. The Hall–Kier alpha value is -2.08. The number of carbonyl (C=O) groups is 2. The van der Waals surface area contributed by atoms with Crippen molar-refractivity contribution >= 4 is 12.1 Å². The van der Waals surface area contributed by atoms with Crippen molar-refractivity contribution in [2.75, 3.05) is 19.6 Å². The number of nitrogens with zero attached hydrogens (tertiary/aromatic N) is 1. The number of carboxylic acid groups (broad SMARTS) is 1. The molecule has 1 fully saturated rings. The summed E-state index contributed by atoms with van der Waals surface area (Å²) in [5, 5.41) is 11.6. The van der Waals surface area contributed by atoms with E-state index in [1.165, 1.54) is 0 Å². The van der Waals surface area contributed by atoms with E-state index in [2.05, 4.69) is 5.32 Å². The predicted octanol–water partition coefficient (Wildman–Crippen LogP) is 1.46. The van der Waals surface area contributed by atoms with Gasteiger partial charge in [0.25, 0.3) is 0 Å². The molecule has 1 amide bonds. The van der Waals surface area contributed by atoms with Gasteiger partial charge >= 0.3 is 12.1 Å². The Morgan fingerprint density at radius 1 is 1.33 bits per heavy atom. The van der Waals surface area contributed by atoms with E-state index in [0.717, 1.165) is 18.4 Å². The van der Waals surface area contributed by atoms with Gasteiger partial charge < -0.3 is 20.1 Å². The Bertz CT molecular complexity index is 478. The van der Waals surface area contributed by atoms with Crippen molar-refractivity contribution in [2.24, 2.45) is 0 Å². The van der Waals surface area contributed by atoms with Crippen LogP contribution in [-0.4, -0.2) is 47.7 Å². The number of carbonyl (C=O) groups excluding carboxylic acids is 1. The van der Waals surface area contributed by atoms with Gasteiger partial charge in [-0.25, -0.2) is 4.79 Å². The zero-order valence-corrected chi connectivity index (χ0v) is 11.8. The van der Waals surface area contributed by atoms with Crippen molar-refractivity contribution in [3.05, 3.63) is 35.9 Å². The zero-order chi connectivity index (χ0) is 15.1. The summed E-state index contributed by atoms with van der Waals surface area (Å²) < 4.78 is 5.28. The second-order valence-corrected chi connectivity index (χ2v) is 5.10. The molecule has 0 saturated carbocycles. The first-order valence-electron chi connectivity index (χ1n) is 7.06. The largest absolute Gasteiger partial charge is 0.480 e. The first-order chi connectivity index (χ1) is 10.1. The quantitative estimate of drug-likeness (QED) is 0.859. The van der Waals surface area contributed by atoms with Crippen LogP contribution in [0.4, 0.5) is 4.79 Å². The molecule has 1 aliphatic rings. The molecule has 1 saturated heterocycles. The van der Waals surface area contributed by atoms with Gasteiger partial charge in [0, 0.05) is 19.1 Å². The van der Waals surface area contributed by atoms with Crippen LogP contribution in [0.25, 0.3) is 0 Å². The molecule has 0 aromatic heterocycles. The first-order valence-corrected chi connectivity index (χ1v) is 7.06. The summed E-state index contributed by atoms with van der Waals surface area (Å²) in [6.07, 6.45) is 1.37. The maximum absolute atomic E-state index is 12.0. The van der Waals surface area contributed by atoms with Gasteiger partial charge in [0.2, 0.25) is 0 Å². The van der Waals surface area contributed by atoms with E-state index in [9.17, 15) is 9.59 Å². The molecule has 1 heterocycles. The Morgan fingerprint density at radius 3 is 2.81 bits per heavy atom. The van der Waals surface area contributed by atoms with E-state index in [1.807, 2.05) is 30.3 Å². The van der Waals surface area contributed by atoms with E-state index < -0.39 is 5.97 Å². The molecule has 0 unspecified atom stereocenters. The molecule has 0 spiro atoms. The lowest BCUT2D eigenvalue weighted by Crippen LogP contribution is -2.49. The highest BCUT2D eigenvalue weighted by atomic mass is 16.6. The van der Waals surface area contributed by atoms with Crippen LogP contribution < -0.4 is 5.32 Å². The number of amides is 1. The fourth-order valence-corrected chi connectivity index (χ4v) is 2.35. The number of carboxylic acids is 1. The van der Waals surface area contributed by atoms with Crippen LogP contribution in [-0.2, 0) is 16.1 Å². The maximum atomic E-state index is 12.0. The standard InChI is InChI=1S/C15H20N2O4/c18-14(19)9-16-13-7-4-8-17(10-13)15(20)21-11-12-5-2-1-3-6-12/h1-3,5-6,13,16H,4,7-11H2,(H,18,19)/t13-/m0/s1. The van der Waals surface area contributed by atoms with Crippen molar-refractivity contribution in [1.82, 2.24) is 10.2 Å². The number of aliphatic carboxylic acids is 1. The van der Waals surface area contributed by atoms with Crippen molar-refractivity contribution in [3.63, 3.8) is 0 Å². The lowest BCUT2D eigenvalue weighted by molar-refractivity contribution is -0.136.